The molecule has 0 saturated heterocycles. The standard InChI is InChI=1S/C10H12/c1-8-6-7-9-4-2-3-5-10(8)9/h2-6,9-10H,7H2,1H3. The Morgan fingerprint density at radius 1 is 1.30 bits per heavy atom. The molecule has 0 aromatic heterocycles. The molecule has 10 heavy (non-hydrogen) atoms. The van der Waals surface area contributed by atoms with Gasteiger partial charge in [-0.3, -0.25) is 0 Å². The fourth-order valence-corrected chi connectivity index (χ4v) is 1.83. The minimum Gasteiger partial charge on any atom is -0.0844 e. The molecule has 52 valence electrons. The van der Waals surface area contributed by atoms with Crippen molar-refractivity contribution < 1.29 is 0 Å². The van der Waals surface area contributed by atoms with Gasteiger partial charge in [-0.25, -0.2) is 0 Å². The third kappa shape index (κ3) is 0.756. The Labute approximate surface area is 61.9 Å². The zero-order valence-electron chi connectivity index (χ0n) is 6.25. The normalized spacial score (nSPS) is 35.9. The van der Waals surface area contributed by atoms with Gasteiger partial charge in [0, 0.05) is 5.92 Å². The number of allylic oxidation sites excluding steroid dienone is 6. The van der Waals surface area contributed by atoms with Gasteiger partial charge in [-0.15, -0.1) is 0 Å². The molecule has 0 heterocycles. The molecule has 2 unspecified atom stereocenters. The number of hydrogen-bond donors (Lipinski definition) is 0. The lowest BCUT2D eigenvalue weighted by Gasteiger charge is -2.16. The first-order valence-corrected chi connectivity index (χ1v) is 3.89. The Hall–Kier alpha value is -0.780. The lowest BCUT2D eigenvalue weighted by Crippen LogP contribution is -2.06. The summed E-state index contributed by atoms with van der Waals surface area (Å²) in [5, 5.41) is 0. The van der Waals surface area contributed by atoms with Gasteiger partial charge in [-0.2, -0.15) is 0 Å². The second-order valence-electron chi connectivity index (χ2n) is 3.14. The first-order valence-electron chi connectivity index (χ1n) is 3.89. The second-order valence-corrected chi connectivity index (χ2v) is 3.14. The first-order chi connectivity index (χ1) is 4.88. The minimum atomic E-state index is 0.727. The Bertz CT molecular complexity index is 218. The third-order valence-corrected chi connectivity index (χ3v) is 2.49. The summed E-state index contributed by atoms with van der Waals surface area (Å²) in [6.45, 7) is 2.23. The van der Waals surface area contributed by atoms with E-state index in [0.29, 0.717) is 0 Å². The quantitative estimate of drug-likeness (QED) is 0.444. The van der Waals surface area contributed by atoms with Gasteiger partial charge in [0.1, 0.15) is 0 Å². The molecule has 0 amide bonds. The average molecular weight is 132 g/mol. The Morgan fingerprint density at radius 3 is 2.90 bits per heavy atom. The van der Waals surface area contributed by atoms with Gasteiger partial charge in [0.05, 0.1) is 0 Å². The maximum atomic E-state index is 2.36. The van der Waals surface area contributed by atoms with Crippen molar-refractivity contribution in [3.8, 4) is 0 Å². The molecule has 2 aliphatic rings. The van der Waals surface area contributed by atoms with Gasteiger partial charge in [-0.1, -0.05) is 36.0 Å². The van der Waals surface area contributed by atoms with Gasteiger partial charge in [0.25, 0.3) is 0 Å². The molecule has 0 nitrogen and oxygen atoms in total. The minimum absolute atomic E-state index is 0.727. The molecule has 0 aromatic rings. The van der Waals surface area contributed by atoms with E-state index in [2.05, 4.69) is 37.3 Å². The van der Waals surface area contributed by atoms with Crippen molar-refractivity contribution in [2.45, 2.75) is 13.3 Å². The molecule has 0 saturated carbocycles. The summed E-state index contributed by atoms with van der Waals surface area (Å²) in [6, 6.07) is 0. The summed E-state index contributed by atoms with van der Waals surface area (Å²) in [6.07, 6.45) is 12.5. The van der Waals surface area contributed by atoms with Gasteiger partial charge >= 0.3 is 0 Å². The van der Waals surface area contributed by atoms with E-state index in [1.54, 1.807) is 5.57 Å². The lowest BCUT2D eigenvalue weighted by atomic mass is 9.88. The molecule has 0 N–H and O–H groups in total. The summed E-state index contributed by atoms with van der Waals surface area (Å²) in [4.78, 5) is 0. The van der Waals surface area contributed by atoms with Crippen LogP contribution in [0.1, 0.15) is 13.3 Å². The number of rotatable bonds is 0. The molecule has 0 radical (unpaired) electrons. The van der Waals surface area contributed by atoms with E-state index in [-0.39, 0.29) is 0 Å². The molecule has 0 aliphatic heterocycles. The molecule has 0 heteroatoms. The highest BCUT2D eigenvalue weighted by molar-refractivity contribution is 5.28. The van der Waals surface area contributed by atoms with E-state index in [1.165, 1.54) is 6.42 Å². The SMILES string of the molecule is CC1=CCC2C=CC=CC12. The maximum Gasteiger partial charge on any atom is 0.00430 e. The molecule has 2 rings (SSSR count). The topological polar surface area (TPSA) is 0 Å². The summed E-state index contributed by atoms with van der Waals surface area (Å²) < 4.78 is 0. The van der Waals surface area contributed by atoms with Crippen LogP contribution in [0.2, 0.25) is 0 Å². The Balaban J connectivity index is 2.27. The van der Waals surface area contributed by atoms with Crippen LogP contribution in [0.25, 0.3) is 0 Å². The van der Waals surface area contributed by atoms with Gasteiger partial charge in [0.15, 0.2) is 0 Å². The van der Waals surface area contributed by atoms with Crippen molar-refractivity contribution in [2.24, 2.45) is 11.8 Å². The maximum absolute atomic E-state index is 2.36. The Kier molecular flexibility index (Phi) is 1.26. The molecule has 0 bridgehead atoms. The number of hydrogen-bond acceptors (Lipinski definition) is 0. The van der Waals surface area contributed by atoms with Gasteiger partial charge in [-0.05, 0) is 19.3 Å². The van der Waals surface area contributed by atoms with Crippen molar-refractivity contribution in [3.05, 3.63) is 36.0 Å². The van der Waals surface area contributed by atoms with Crippen molar-refractivity contribution in [1.29, 1.82) is 0 Å². The molecule has 0 fully saturated rings. The predicted molar refractivity (Wildman–Crippen MR) is 43.6 cm³/mol. The van der Waals surface area contributed by atoms with E-state index in [1.807, 2.05) is 0 Å². The summed E-state index contributed by atoms with van der Waals surface area (Å²) in [5.41, 5.74) is 1.55. The Morgan fingerprint density at radius 2 is 2.10 bits per heavy atom. The number of fused-ring (bicyclic) bond motifs is 1. The van der Waals surface area contributed by atoms with Crippen LogP contribution >= 0.6 is 0 Å². The highest BCUT2D eigenvalue weighted by Crippen LogP contribution is 2.35. The van der Waals surface area contributed by atoms with Gasteiger partial charge < -0.3 is 0 Å². The largest absolute Gasteiger partial charge is 0.0844 e. The molecule has 0 spiro atoms. The van der Waals surface area contributed by atoms with Crippen molar-refractivity contribution in [3.63, 3.8) is 0 Å². The second kappa shape index (κ2) is 2.12. The molecule has 0 aromatic carbocycles. The van der Waals surface area contributed by atoms with E-state index >= 15 is 0 Å². The van der Waals surface area contributed by atoms with E-state index in [0.717, 1.165) is 11.8 Å². The molecular weight excluding hydrogens is 120 g/mol. The van der Waals surface area contributed by atoms with Crippen molar-refractivity contribution in [1.82, 2.24) is 0 Å². The molecule has 2 atom stereocenters. The van der Waals surface area contributed by atoms with Crippen LogP contribution in [-0.4, -0.2) is 0 Å². The molecule has 2 aliphatic carbocycles. The highest BCUT2D eigenvalue weighted by atomic mass is 14.3. The highest BCUT2D eigenvalue weighted by Gasteiger charge is 2.23. The van der Waals surface area contributed by atoms with Crippen molar-refractivity contribution >= 4 is 0 Å². The zero-order valence-corrected chi connectivity index (χ0v) is 6.25. The van der Waals surface area contributed by atoms with Crippen LogP contribution < -0.4 is 0 Å². The molecular formula is C10H12. The van der Waals surface area contributed by atoms with Crippen LogP contribution in [0, 0.1) is 11.8 Å². The van der Waals surface area contributed by atoms with E-state index in [9.17, 15) is 0 Å². The van der Waals surface area contributed by atoms with Crippen LogP contribution in [0.4, 0.5) is 0 Å². The van der Waals surface area contributed by atoms with Crippen LogP contribution in [-0.2, 0) is 0 Å². The fraction of sp³-hybridized carbons (Fsp3) is 0.400. The summed E-state index contributed by atoms with van der Waals surface area (Å²) in [5.74, 6) is 1.51. The summed E-state index contributed by atoms with van der Waals surface area (Å²) in [7, 11) is 0. The van der Waals surface area contributed by atoms with Gasteiger partial charge in [0.2, 0.25) is 0 Å². The predicted octanol–water partition coefficient (Wildman–Crippen LogP) is 2.69. The zero-order chi connectivity index (χ0) is 6.97. The van der Waals surface area contributed by atoms with E-state index in [4.69, 9.17) is 0 Å². The fourth-order valence-electron chi connectivity index (χ4n) is 1.83. The van der Waals surface area contributed by atoms with E-state index < -0.39 is 0 Å². The van der Waals surface area contributed by atoms with Crippen molar-refractivity contribution in [2.75, 3.05) is 0 Å². The van der Waals surface area contributed by atoms with Crippen LogP contribution in [0.3, 0.4) is 0 Å². The average Bonchev–Trinajstić information content (AvgIpc) is 2.34. The third-order valence-electron chi connectivity index (χ3n) is 2.49. The van der Waals surface area contributed by atoms with Crippen LogP contribution in [0.5, 0.6) is 0 Å². The lowest BCUT2D eigenvalue weighted by molar-refractivity contribution is 0.578. The monoisotopic (exact) mass is 132 g/mol. The summed E-state index contributed by atoms with van der Waals surface area (Å²) >= 11 is 0. The smallest absolute Gasteiger partial charge is 0.00430 e. The first kappa shape index (κ1) is 5.96. The van der Waals surface area contributed by atoms with Crippen LogP contribution in [0.15, 0.2) is 36.0 Å².